The Kier molecular flexibility index (Phi) is 4.35. The van der Waals surface area contributed by atoms with Crippen molar-refractivity contribution < 1.29 is 13.3 Å². The standard InChI is InChI=1S/C16H20FN3O2S/c1-16(2,3)23(21)19-13-9-22-10-15-11(13)8-18-20(15)14-7-5-4-6-12(14)17/h4-8,13,19H,9-10H2,1-3H3/t13-,23+/m1/s1. The van der Waals surface area contributed by atoms with E-state index in [2.05, 4.69) is 9.82 Å². The Balaban J connectivity index is 1.93. The fraction of sp³-hybridized carbons (Fsp3) is 0.438. The largest absolute Gasteiger partial charge is 0.373 e. The van der Waals surface area contributed by atoms with Gasteiger partial charge in [-0.1, -0.05) is 12.1 Å². The quantitative estimate of drug-likeness (QED) is 0.937. The van der Waals surface area contributed by atoms with Crippen molar-refractivity contribution in [2.24, 2.45) is 0 Å². The molecule has 1 aromatic carbocycles. The van der Waals surface area contributed by atoms with Crippen molar-refractivity contribution >= 4 is 11.0 Å². The summed E-state index contributed by atoms with van der Waals surface area (Å²) < 4.78 is 36.2. The van der Waals surface area contributed by atoms with Crippen LogP contribution in [0.25, 0.3) is 5.69 Å². The summed E-state index contributed by atoms with van der Waals surface area (Å²) in [6, 6.07) is 6.26. The monoisotopic (exact) mass is 337 g/mol. The van der Waals surface area contributed by atoms with Gasteiger partial charge in [-0.05, 0) is 32.9 Å². The Morgan fingerprint density at radius 2 is 2.13 bits per heavy atom. The molecule has 5 nitrogen and oxygen atoms in total. The fourth-order valence-corrected chi connectivity index (χ4v) is 3.23. The van der Waals surface area contributed by atoms with Crippen molar-refractivity contribution in [2.75, 3.05) is 6.61 Å². The number of nitrogens with zero attached hydrogens (tertiary/aromatic N) is 2. The second-order valence-corrected chi connectivity index (χ2v) is 8.47. The van der Waals surface area contributed by atoms with E-state index < -0.39 is 11.0 Å². The van der Waals surface area contributed by atoms with Crippen LogP contribution in [0.4, 0.5) is 4.39 Å². The smallest absolute Gasteiger partial charge is 0.148 e. The maximum atomic E-state index is 14.0. The Labute approximate surface area is 137 Å². The maximum Gasteiger partial charge on any atom is 0.148 e. The number of ether oxygens (including phenoxy) is 1. The van der Waals surface area contributed by atoms with E-state index in [1.165, 1.54) is 6.07 Å². The molecule has 124 valence electrons. The molecule has 7 heteroatoms. The van der Waals surface area contributed by atoms with Gasteiger partial charge in [0.2, 0.25) is 0 Å². The molecule has 23 heavy (non-hydrogen) atoms. The Hall–Kier alpha value is -1.57. The highest BCUT2D eigenvalue weighted by molar-refractivity contribution is 7.84. The molecule has 3 rings (SSSR count). The molecule has 1 N–H and O–H groups in total. The highest BCUT2D eigenvalue weighted by atomic mass is 32.2. The number of benzene rings is 1. The number of fused-ring (bicyclic) bond motifs is 1. The van der Waals surface area contributed by atoms with Crippen molar-refractivity contribution in [1.29, 1.82) is 0 Å². The van der Waals surface area contributed by atoms with Gasteiger partial charge in [-0.25, -0.2) is 18.0 Å². The van der Waals surface area contributed by atoms with Gasteiger partial charge in [0, 0.05) is 5.56 Å². The number of hydrogen-bond donors (Lipinski definition) is 1. The zero-order valence-corrected chi connectivity index (χ0v) is 14.2. The molecule has 0 saturated heterocycles. The van der Waals surface area contributed by atoms with Crippen LogP contribution in [0.1, 0.15) is 38.1 Å². The zero-order valence-electron chi connectivity index (χ0n) is 13.4. The summed E-state index contributed by atoms with van der Waals surface area (Å²) in [5, 5.41) is 4.31. The molecule has 0 unspecified atom stereocenters. The van der Waals surface area contributed by atoms with Crippen molar-refractivity contribution in [2.45, 2.75) is 38.2 Å². The average molecular weight is 337 g/mol. The highest BCUT2D eigenvalue weighted by Gasteiger charge is 2.30. The predicted molar refractivity (Wildman–Crippen MR) is 87.0 cm³/mol. The molecule has 1 aliphatic heterocycles. The first-order valence-electron chi connectivity index (χ1n) is 7.45. The van der Waals surface area contributed by atoms with Gasteiger partial charge in [0.05, 0.1) is 46.9 Å². The number of hydrogen-bond acceptors (Lipinski definition) is 3. The fourth-order valence-electron chi connectivity index (χ4n) is 2.42. The van der Waals surface area contributed by atoms with Gasteiger partial charge in [-0.2, -0.15) is 5.10 Å². The third kappa shape index (κ3) is 3.22. The second-order valence-electron chi connectivity index (χ2n) is 6.48. The normalized spacial score (nSPS) is 19.4. The molecule has 0 fully saturated rings. The van der Waals surface area contributed by atoms with Gasteiger partial charge in [0.1, 0.15) is 11.5 Å². The molecular formula is C16H20FN3O2S. The number of rotatable bonds is 3. The van der Waals surface area contributed by atoms with Gasteiger partial charge < -0.3 is 4.74 Å². The lowest BCUT2D eigenvalue weighted by atomic mass is 10.1. The van der Waals surface area contributed by atoms with E-state index in [1.807, 2.05) is 20.8 Å². The van der Waals surface area contributed by atoms with Crippen molar-refractivity contribution in [3.8, 4) is 5.69 Å². The van der Waals surface area contributed by atoms with Gasteiger partial charge in [-0.3, -0.25) is 0 Å². The van der Waals surface area contributed by atoms with Crippen molar-refractivity contribution in [1.82, 2.24) is 14.5 Å². The van der Waals surface area contributed by atoms with Gasteiger partial charge in [0.15, 0.2) is 0 Å². The van der Waals surface area contributed by atoms with Crippen LogP contribution in [0.2, 0.25) is 0 Å². The van der Waals surface area contributed by atoms with E-state index in [0.29, 0.717) is 18.9 Å². The van der Waals surface area contributed by atoms with E-state index in [1.54, 1.807) is 29.1 Å². The third-order valence-corrected chi connectivity index (χ3v) is 5.30. The lowest BCUT2D eigenvalue weighted by molar-refractivity contribution is 0.0846. The number of para-hydroxylation sites is 1. The molecule has 0 amide bonds. The van der Waals surface area contributed by atoms with Crippen LogP contribution >= 0.6 is 0 Å². The van der Waals surface area contributed by atoms with Gasteiger partial charge in [-0.15, -0.1) is 0 Å². The Bertz CT molecular complexity index is 739. The molecule has 0 spiro atoms. The first-order valence-corrected chi connectivity index (χ1v) is 8.60. The van der Waals surface area contributed by atoms with E-state index in [-0.39, 0.29) is 16.6 Å². The molecule has 2 atom stereocenters. The summed E-state index contributed by atoms with van der Waals surface area (Å²) in [4.78, 5) is 0. The minimum atomic E-state index is -1.22. The molecule has 2 aromatic rings. The van der Waals surface area contributed by atoms with Crippen LogP contribution in [0, 0.1) is 5.82 Å². The molecular weight excluding hydrogens is 317 g/mol. The Morgan fingerprint density at radius 1 is 1.39 bits per heavy atom. The minimum Gasteiger partial charge on any atom is -0.373 e. The van der Waals surface area contributed by atoms with Gasteiger partial charge in [0.25, 0.3) is 0 Å². The zero-order chi connectivity index (χ0) is 16.6. The van der Waals surface area contributed by atoms with E-state index in [9.17, 15) is 8.60 Å². The number of aromatic nitrogens is 2. The first-order chi connectivity index (χ1) is 10.9. The summed E-state index contributed by atoms with van der Waals surface area (Å²) >= 11 is 0. The van der Waals surface area contributed by atoms with Crippen LogP contribution in [-0.2, 0) is 22.3 Å². The first kappa shape index (κ1) is 16.3. The summed E-state index contributed by atoms with van der Waals surface area (Å²) in [5.74, 6) is -0.341. The number of nitrogens with one attached hydrogen (secondary N) is 1. The van der Waals surface area contributed by atoms with Crippen molar-refractivity contribution in [3.05, 3.63) is 47.5 Å². The molecule has 0 aliphatic carbocycles. The van der Waals surface area contributed by atoms with E-state index in [4.69, 9.17) is 4.74 Å². The molecule has 1 aliphatic rings. The summed E-state index contributed by atoms with van der Waals surface area (Å²) in [7, 11) is -1.22. The van der Waals surface area contributed by atoms with Crippen LogP contribution < -0.4 is 4.72 Å². The van der Waals surface area contributed by atoms with Crippen molar-refractivity contribution in [3.63, 3.8) is 0 Å². The van der Waals surface area contributed by atoms with E-state index in [0.717, 1.165) is 11.3 Å². The van der Waals surface area contributed by atoms with Crippen LogP contribution in [0.5, 0.6) is 0 Å². The number of halogens is 1. The summed E-state index contributed by atoms with van der Waals surface area (Å²) in [5.41, 5.74) is 2.07. The van der Waals surface area contributed by atoms with Crippen LogP contribution in [0.15, 0.2) is 30.5 Å². The van der Waals surface area contributed by atoms with E-state index >= 15 is 0 Å². The molecule has 2 heterocycles. The lowest BCUT2D eigenvalue weighted by Crippen LogP contribution is -2.38. The highest BCUT2D eigenvalue weighted by Crippen LogP contribution is 2.28. The molecule has 1 aromatic heterocycles. The van der Waals surface area contributed by atoms with Crippen LogP contribution in [0.3, 0.4) is 0 Å². The molecule has 0 bridgehead atoms. The Morgan fingerprint density at radius 3 is 2.83 bits per heavy atom. The lowest BCUT2D eigenvalue weighted by Gasteiger charge is -2.27. The predicted octanol–water partition coefficient (Wildman–Crippen LogP) is 2.63. The SMILES string of the molecule is CC(C)(C)[S@](=O)N[C@@H]1COCc2c1cnn2-c1ccccc1F. The summed E-state index contributed by atoms with van der Waals surface area (Å²) in [6.45, 7) is 6.48. The van der Waals surface area contributed by atoms with Crippen LogP contribution in [-0.4, -0.2) is 25.3 Å². The molecule has 0 radical (unpaired) electrons. The maximum absolute atomic E-state index is 14.0. The third-order valence-electron chi connectivity index (χ3n) is 3.69. The minimum absolute atomic E-state index is 0.223. The topological polar surface area (TPSA) is 56.1 Å². The van der Waals surface area contributed by atoms with Gasteiger partial charge >= 0.3 is 0 Å². The molecule has 0 saturated carbocycles. The summed E-state index contributed by atoms with van der Waals surface area (Å²) in [6.07, 6.45) is 1.70. The average Bonchev–Trinajstić information content (AvgIpc) is 2.91. The second kappa shape index (κ2) is 6.14.